The van der Waals surface area contributed by atoms with Gasteiger partial charge in [-0.05, 0) is 87.8 Å². The monoisotopic (exact) mass is 550 g/mol. The Morgan fingerprint density at radius 1 is 1.10 bits per heavy atom. The van der Waals surface area contributed by atoms with E-state index in [1.54, 1.807) is 0 Å². The van der Waals surface area contributed by atoms with Gasteiger partial charge in [0.15, 0.2) is 0 Å². The van der Waals surface area contributed by atoms with Crippen LogP contribution in [-0.4, -0.2) is 85.4 Å². The molecule has 8 heteroatoms. The zero-order chi connectivity index (χ0) is 27.8. The highest BCUT2D eigenvalue weighted by atomic mass is 16.5. The second kappa shape index (κ2) is 11.8. The standard InChI is InChI=1S/C32H46N4O4/c1-20-4-7-25(20)29-30(33-24-8-13-39-14-9-24)27-17-26(21(2)16-28(27)34-31(29)37)32(38)36-11-10-35(22(3)18-36)12-15-40-19-23-5-6-23/h16-17,20,22-25H,4-15,18-19H2,1-3H3,(H2,33,34,37)/t20?,22-,25?/m0/s1. The predicted octanol–water partition coefficient (Wildman–Crippen LogP) is 4.51. The van der Waals surface area contributed by atoms with Gasteiger partial charge >= 0.3 is 0 Å². The van der Waals surface area contributed by atoms with Gasteiger partial charge < -0.3 is 24.7 Å². The van der Waals surface area contributed by atoms with Crippen LogP contribution in [0.25, 0.3) is 10.9 Å². The van der Waals surface area contributed by atoms with Gasteiger partial charge in [0.2, 0.25) is 0 Å². The normalized spacial score (nSPS) is 26.2. The van der Waals surface area contributed by atoms with Crippen molar-refractivity contribution in [1.29, 1.82) is 0 Å². The predicted molar refractivity (Wildman–Crippen MR) is 158 cm³/mol. The molecule has 1 amide bonds. The molecule has 1 aromatic heterocycles. The summed E-state index contributed by atoms with van der Waals surface area (Å²) in [6, 6.07) is 4.58. The van der Waals surface area contributed by atoms with Crippen molar-refractivity contribution < 1.29 is 14.3 Å². The third-order valence-electron chi connectivity index (χ3n) is 9.81. The molecule has 218 valence electrons. The van der Waals surface area contributed by atoms with Gasteiger partial charge in [-0.3, -0.25) is 14.5 Å². The molecule has 0 spiro atoms. The van der Waals surface area contributed by atoms with Crippen molar-refractivity contribution >= 4 is 22.5 Å². The van der Waals surface area contributed by atoms with E-state index >= 15 is 0 Å². The van der Waals surface area contributed by atoms with E-state index in [0.717, 1.165) is 104 Å². The number of hydrogen-bond acceptors (Lipinski definition) is 6. The lowest BCUT2D eigenvalue weighted by Gasteiger charge is -2.40. The van der Waals surface area contributed by atoms with Crippen molar-refractivity contribution in [3.63, 3.8) is 0 Å². The van der Waals surface area contributed by atoms with Gasteiger partial charge in [-0.25, -0.2) is 0 Å². The van der Waals surface area contributed by atoms with E-state index in [4.69, 9.17) is 9.47 Å². The summed E-state index contributed by atoms with van der Waals surface area (Å²) in [6.07, 6.45) is 6.64. The molecule has 2 aliphatic carbocycles. The molecular formula is C32H46N4O4. The van der Waals surface area contributed by atoms with Gasteiger partial charge in [0.05, 0.1) is 17.8 Å². The SMILES string of the molecule is Cc1cc2[nH]c(=O)c(C3CCC3C)c(NC3CCOCC3)c2cc1C(=O)N1CCN(CCOCC2CC2)[C@@H](C)C1. The lowest BCUT2D eigenvalue weighted by molar-refractivity contribution is 0.0361. The quantitative estimate of drug-likeness (QED) is 0.447. The van der Waals surface area contributed by atoms with Gasteiger partial charge in [-0.2, -0.15) is 0 Å². The molecule has 0 bridgehead atoms. The summed E-state index contributed by atoms with van der Waals surface area (Å²) in [7, 11) is 0. The number of nitrogens with one attached hydrogen (secondary N) is 2. The van der Waals surface area contributed by atoms with Crippen LogP contribution >= 0.6 is 0 Å². The highest BCUT2D eigenvalue weighted by Gasteiger charge is 2.34. The Bertz CT molecular complexity index is 1280. The molecular weight excluding hydrogens is 504 g/mol. The van der Waals surface area contributed by atoms with Crippen LogP contribution < -0.4 is 10.9 Å². The second-order valence-electron chi connectivity index (χ2n) is 12.8. The number of aromatic nitrogens is 1. The lowest BCUT2D eigenvalue weighted by atomic mass is 9.70. The summed E-state index contributed by atoms with van der Waals surface area (Å²) in [4.78, 5) is 35.0. The summed E-state index contributed by atoms with van der Waals surface area (Å²) >= 11 is 0. The van der Waals surface area contributed by atoms with Crippen molar-refractivity contribution in [3.05, 3.63) is 39.2 Å². The molecule has 4 aliphatic rings. The number of carbonyl (C=O) groups excluding carboxylic acids is 1. The maximum atomic E-state index is 13.9. The molecule has 2 unspecified atom stereocenters. The Morgan fingerprint density at radius 2 is 1.90 bits per heavy atom. The Balaban J connectivity index is 1.25. The Morgan fingerprint density at radius 3 is 2.58 bits per heavy atom. The van der Waals surface area contributed by atoms with E-state index in [9.17, 15) is 9.59 Å². The number of carbonyl (C=O) groups is 1. The van der Waals surface area contributed by atoms with Crippen molar-refractivity contribution in [2.45, 2.75) is 77.3 Å². The number of nitrogens with zero attached hydrogens (tertiary/aromatic N) is 2. The van der Waals surface area contributed by atoms with Crippen molar-refractivity contribution in [2.75, 3.05) is 57.9 Å². The number of aryl methyl sites for hydroxylation is 1. The molecule has 6 rings (SSSR count). The summed E-state index contributed by atoms with van der Waals surface area (Å²) < 4.78 is 11.5. The minimum absolute atomic E-state index is 0.00291. The number of fused-ring (bicyclic) bond motifs is 1. The molecule has 4 fully saturated rings. The molecule has 1 aromatic carbocycles. The van der Waals surface area contributed by atoms with Gasteiger partial charge in [-0.15, -0.1) is 0 Å². The molecule has 0 radical (unpaired) electrons. The van der Waals surface area contributed by atoms with Gasteiger partial charge in [0, 0.05) is 74.6 Å². The van der Waals surface area contributed by atoms with Crippen LogP contribution in [0.1, 0.15) is 79.8 Å². The zero-order valence-electron chi connectivity index (χ0n) is 24.5. The summed E-state index contributed by atoms with van der Waals surface area (Å²) in [5, 5.41) is 4.73. The highest BCUT2D eigenvalue weighted by molar-refractivity contribution is 6.03. The molecule has 3 atom stereocenters. The van der Waals surface area contributed by atoms with Crippen LogP contribution in [0.15, 0.2) is 16.9 Å². The number of hydrogen-bond donors (Lipinski definition) is 2. The minimum atomic E-state index is 0.00291. The third-order valence-corrected chi connectivity index (χ3v) is 9.81. The largest absolute Gasteiger partial charge is 0.381 e. The Labute approximate surface area is 237 Å². The highest BCUT2D eigenvalue weighted by Crippen LogP contribution is 2.45. The number of anilines is 1. The van der Waals surface area contributed by atoms with Crippen LogP contribution in [0.4, 0.5) is 5.69 Å². The van der Waals surface area contributed by atoms with E-state index < -0.39 is 0 Å². The average molecular weight is 551 g/mol. The fourth-order valence-corrected chi connectivity index (χ4v) is 6.75. The first-order chi connectivity index (χ1) is 19.4. The molecule has 2 saturated heterocycles. The number of H-pyrrole nitrogens is 1. The van der Waals surface area contributed by atoms with E-state index in [2.05, 4.69) is 29.0 Å². The molecule has 2 N–H and O–H groups in total. The number of benzene rings is 1. The van der Waals surface area contributed by atoms with E-state index in [1.807, 2.05) is 24.0 Å². The number of piperazine rings is 1. The number of aromatic amines is 1. The molecule has 40 heavy (non-hydrogen) atoms. The number of pyridine rings is 1. The maximum absolute atomic E-state index is 13.9. The maximum Gasteiger partial charge on any atom is 0.254 e. The molecule has 2 saturated carbocycles. The number of amides is 1. The first-order valence-electron chi connectivity index (χ1n) is 15.5. The first-order valence-corrected chi connectivity index (χ1v) is 15.5. The first kappa shape index (κ1) is 27.7. The molecule has 3 heterocycles. The number of ether oxygens (including phenoxy) is 2. The molecule has 2 aliphatic heterocycles. The zero-order valence-corrected chi connectivity index (χ0v) is 24.5. The summed E-state index contributed by atoms with van der Waals surface area (Å²) in [5.74, 6) is 1.60. The van der Waals surface area contributed by atoms with Crippen LogP contribution in [0.2, 0.25) is 0 Å². The summed E-state index contributed by atoms with van der Waals surface area (Å²) in [6.45, 7) is 12.8. The minimum Gasteiger partial charge on any atom is -0.381 e. The van der Waals surface area contributed by atoms with E-state index in [-0.39, 0.29) is 29.5 Å². The third kappa shape index (κ3) is 5.81. The van der Waals surface area contributed by atoms with E-state index in [0.29, 0.717) is 19.0 Å². The fourth-order valence-electron chi connectivity index (χ4n) is 6.75. The number of rotatable bonds is 9. The second-order valence-corrected chi connectivity index (χ2v) is 12.8. The van der Waals surface area contributed by atoms with Crippen LogP contribution in [-0.2, 0) is 9.47 Å². The van der Waals surface area contributed by atoms with Crippen LogP contribution in [0.5, 0.6) is 0 Å². The average Bonchev–Trinajstić information content (AvgIpc) is 3.77. The molecule has 8 nitrogen and oxygen atoms in total. The van der Waals surface area contributed by atoms with Gasteiger partial charge in [-0.1, -0.05) is 6.92 Å². The van der Waals surface area contributed by atoms with Gasteiger partial charge in [0.1, 0.15) is 0 Å². The van der Waals surface area contributed by atoms with Crippen molar-refractivity contribution in [2.24, 2.45) is 11.8 Å². The van der Waals surface area contributed by atoms with Crippen LogP contribution in [0, 0.1) is 18.8 Å². The fraction of sp³-hybridized carbons (Fsp3) is 0.688. The smallest absolute Gasteiger partial charge is 0.254 e. The van der Waals surface area contributed by atoms with E-state index in [1.165, 1.54) is 12.8 Å². The van der Waals surface area contributed by atoms with Crippen LogP contribution in [0.3, 0.4) is 0 Å². The van der Waals surface area contributed by atoms with Gasteiger partial charge in [0.25, 0.3) is 11.5 Å². The lowest BCUT2D eigenvalue weighted by Crippen LogP contribution is -2.54. The molecule has 2 aromatic rings. The van der Waals surface area contributed by atoms with Crippen molar-refractivity contribution in [3.8, 4) is 0 Å². The Kier molecular flexibility index (Phi) is 8.20. The summed E-state index contributed by atoms with van der Waals surface area (Å²) in [5.41, 5.74) is 4.23. The van der Waals surface area contributed by atoms with Crippen molar-refractivity contribution in [1.82, 2.24) is 14.8 Å². The topological polar surface area (TPSA) is 86.9 Å². The Hall–Kier alpha value is -2.42.